The number of nitrogens with zero attached hydrogens (tertiary/aromatic N) is 1. The minimum atomic E-state index is -1.41. The van der Waals surface area contributed by atoms with E-state index in [0.717, 1.165) is 5.56 Å². The number of amides is 1. The average Bonchev–Trinajstić information content (AvgIpc) is 3.29. The van der Waals surface area contributed by atoms with E-state index in [1.807, 2.05) is 48.7 Å². The molecule has 2 unspecified atom stereocenters. The van der Waals surface area contributed by atoms with Gasteiger partial charge in [0.1, 0.15) is 5.82 Å². The number of carbonyl (C=O) groups is 2. The molecule has 0 bridgehead atoms. The van der Waals surface area contributed by atoms with Crippen molar-refractivity contribution in [1.82, 2.24) is 4.57 Å². The fourth-order valence-electron chi connectivity index (χ4n) is 5.21. The molecular formula is C33H33CaFN2O6. The van der Waals surface area contributed by atoms with Crippen LogP contribution < -0.4 is 15.5 Å². The first-order valence-corrected chi connectivity index (χ1v) is 13.8. The zero-order chi connectivity index (χ0) is 30.4. The maximum atomic E-state index is 14.0. The Labute approximate surface area is 279 Å². The minimum Gasteiger partial charge on any atom is -0.872 e. The van der Waals surface area contributed by atoms with Gasteiger partial charge in [0.15, 0.2) is 0 Å². The zero-order valence-electron chi connectivity index (χ0n) is 24.1. The molecule has 4 aromatic rings. The summed E-state index contributed by atoms with van der Waals surface area (Å²) in [4.78, 5) is 24.9. The monoisotopic (exact) mass is 612 g/mol. The number of benzene rings is 3. The van der Waals surface area contributed by atoms with E-state index in [4.69, 9.17) is 0 Å². The summed E-state index contributed by atoms with van der Waals surface area (Å²) in [5.41, 5.74) is 4.19. The van der Waals surface area contributed by atoms with Crippen LogP contribution in [0.4, 0.5) is 10.1 Å². The number of nitrogens with one attached hydrogen (secondary N) is 1. The number of aliphatic hydroxyl groups is 2. The standard InChI is InChI=1S/C33H35FN2O6.Ca/c1-20(2)31-30(33(42)35-24-12-14-25(37)15-13-24)29(21-6-4-3-5-7-21)32(22-8-10-23(34)11-9-22)36(31)17-16-26(38)18-27(39)19-28(40)41;/h3-15,20,26-27,37-39H,16-19H2,1-2H3,(H,35,42)(H,40,41);/q;+2/p-2. The van der Waals surface area contributed by atoms with E-state index in [0.29, 0.717) is 33.8 Å². The van der Waals surface area contributed by atoms with Crippen molar-refractivity contribution in [3.05, 3.63) is 95.9 Å². The quantitative estimate of drug-likeness (QED) is 0.209. The first-order chi connectivity index (χ1) is 20.0. The Kier molecular flexibility index (Phi) is 12.4. The number of carboxylic acids is 1. The number of aliphatic hydroxyl groups excluding tert-OH is 2. The van der Waals surface area contributed by atoms with Crippen molar-refractivity contribution >= 4 is 55.3 Å². The maximum absolute atomic E-state index is 14.0. The second-order valence-electron chi connectivity index (χ2n) is 10.5. The van der Waals surface area contributed by atoms with Crippen LogP contribution in [0.15, 0.2) is 78.9 Å². The van der Waals surface area contributed by atoms with E-state index in [2.05, 4.69) is 5.32 Å². The summed E-state index contributed by atoms with van der Waals surface area (Å²) < 4.78 is 15.9. The largest absolute Gasteiger partial charge is 2.00 e. The molecule has 10 heteroatoms. The number of anilines is 1. The molecule has 0 spiro atoms. The summed E-state index contributed by atoms with van der Waals surface area (Å²) in [6.45, 7) is 4.10. The van der Waals surface area contributed by atoms with Crippen molar-refractivity contribution in [2.24, 2.45) is 0 Å². The van der Waals surface area contributed by atoms with Crippen LogP contribution in [0, 0.1) is 5.82 Å². The molecule has 0 fully saturated rings. The van der Waals surface area contributed by atoms with Gasteiger partial charge in [0.05, 0.1) is 23.5 Å². The molecule has 0 aliphatic rings. The number of carboxylic acid groups (broad SMARTS) is 1. The van der Waals surface area contributed by atoms with Crippen LogP contribution in [0.1, 0.15) is 55.1 Å². The number of carbonyl (C=O) groups excluding carboxylic acids is 2. The number of hydrogen-bond acceptors (Lipinski definition) is 6. The van der Waals surface area contributed by atoms with Gasteiger partial charge in [0.25, 0.3) is 5.91 Å². The van der Waals surface area contributed by atoms with Crippen LogP contribution >= 0.6 is 0 Å². The normalized spacial score (nSPS) is 12.4. The third-order valence-corrected chi connectivity index (χ3v) is 7.00. The summed E-state index contributed by atoms with van der Waals surface area (Å²) in [7, 11) is 0. The molecule has 3 N–H and O–H groups in total. The Morgan fingerprint density at radius 2 is 1.53 bits per heavy atom. The van der Waals surface area contributed by atoms with E-state index < -0.39 is 36.3 Å². The van der Waals surface area contributed by atoms with Crippen LogP contribution in [0.5, 0.6) is 5.75 Å². The Hall–Kier alpha value is -3.21. The second kappa shape index (κ2) is 15.5. The number of aromatic nitrogens is 1. The van der Waals surface area contributed by atoms with E-state index in [9.17, 15) is 34.4 Å². The summed E-state index contributed by atoms with van der Waals surface area (Å²) >= 11 is 0. The van der Waals surface area contributed by atoms with E-state index in [1.54, 1.807) is 12.1 Å². The number of aliphatic carboxylic acids is 1. The van der Waals surface area contributed by atoms with Gasteiger partial charge in [-0.2, -0.15) is 0 Å². The molecular weight excluding hydrogens is 579 g/mol. The topological polar surface area (TPSA) is 138 Å². The van der Waals surface area contributed by atoms with Gasteiger partial charge in [0.2, 0.25) is 0 Å². The van der Waals surface area contributed by atoms with Crippen LogP contribution in [0.2, 0.25) is 0 Å². The fraction of sp³-hybridized carbons (Fsp3) is 0.273. The van der Waals surface area contributed by atoms with Crippen LogP contribution in [-0.2, 0) is 11.3 Å². The molecule has 3 aromatic carbocycles. The number of hydrogen-bond donors (Lipinski definition) is 3. The van der Waals surface area contributed by atoms with Gasteiger partial charge in [-0.05, 0) is 66.3 Å². The predicted molar refractivity (Wildman–Crippen MR) is 160 cm³/mol. The molecule has 8 nitrogen and oxygen atoms in total. The Morgan fingerprint density at radius 1 is 0.907 bits per heavy atom. The van der Waals surface area contributed by atoms with Crippen molar-refractivity contribution in [3.63, 3.8) is 0 Å². The van der Waals surface area contributed by atoms with Gasteiger partial charge in [-0.3, -0.25) is 4.79 Å². The van der Waals surface area contributed by atoms with Crippen LogP contribution in [-0.4, -0.2) is 76.6 Å². The van der Waals surface area contributed by atoms with Crippen LogP contribution in [0.3, 0.4) is 0 Å². The molecule has 4 rings (SSSR count). The van der Waals surface area contributed by atoms with Crippen molar-refractivity contribution in [3.8, 4) is 28.1 Å². The molecule has 0 aliphatic carbocycles. The summed E-state index contributed by atoms with van der Waals surface area (Å²) in [5, 5.41) is 46.1. The third kappa shape index (κ3) is 8.68. The van der Waals surface area contributed by atoms with Gasteiger partial charge in [-0.15, -0.1) is 5.75 Å². The van der Waals surface area contributed by atoms with Gasteiger partial charge >= 0.3 is 37.7 Å². The Balaban J connectivity index is 0.00000506. The molecule has 0 aliphatic heterocycles. The van der Waals surface area contributed by atoms with E-state index >= 15 is 0 Å². The van der Waals surface area contributed by atoms with Gasteiger partial charge in [-0.25, -0.2) is 4.39 Å². The number of halogens is 1. The summed E-state index contributed by atoms with van der Waals surface area (Å²) in [5.74, 6) is -2.59. The first-order valence-electron chi connectivity index (χ1n) is 13.8. The second-order valence-corrected chi connectivity index (χ2v) is 10.5. The summed E-state index contributed by atoms with van der Waals surface area (Å²) in [6, 6.07) is 21.1. The molecule has 0 radical (unpaired) electrons. The van der Waals surface area contributed by atoms with Crippen molar-refractivity contribution < 1.29 is 34.4 Å². The smallest absolute Gasteiger partial charge is 0.872 e. The molecule has 0 saturated carbocycles. The SMILES string of the molecule is CC(C)c1c(C(=O)Nc2ccc([O-])cc2)c(-c2ccccc2)c(-c2ccc(F)cc2)n1CCC(O)CC(O)CC(=O)[O-].[Ca+2]. The van der Waals surface area contributed by atoms with Crippen molar-refractivity contribution in [2.75, 3.05) is 5.32 Å². The van der Waals surface area contributed by atoms with Crippen molar-refractivity contribution in [1.29, 1.82) is 0 Å². The van der Waals surface area contributed by atoms with Gasteiger partial charge in [-0.1, -0.05) is 56.3 Å². The maximum Gasteiger partial charge on any atom is 2.00 e. The molecule has 2 atom stereocenters. The van der Waals surface area contributed by atoms with Crippen LogP contribution in [0.25, 0.3) is 22.4 Å². The summed E-state index contributed by atoms with van der Waals surface area (Å²) in [6.07, 6.45) is -2.91. The average molecular weight is 613 g/mol. The Morgan fingerprint density at radius 3 is 2.12 bits per heavy atom. The third-order valence-electron chi connectivity index (χ3n) is 7.00. The fourth-order valence-corrected chi connectivity index (χ4v) is 5.21. The molecule has 0 saturated heterocycles. The first kappa shape index (κ1) is 34.3. The van der Waals surface area contributed by atoms with Gasteiger partial charge < -0.3 is 35.1 Å². The molecule has 1 amide bonds. The minimum absolute atomic E-state index is 0. The number of rotatable bonds is 12. The van der Waals surface area contributed by atoms with Crippen molar-refractivity contribution in [2.45, 2.75) is 57.8 Å². The molecule has 220 valence electrons. The van der Waals surface area contributed by atoms with Gasteiger partial charge in [0, 0.05) is 35.9 Å². The van der Waals surface area contributed by atoms with E-state index in [1.165, 1.54) is 36.4 Å². The predicted octanol–water partition coefficient (Wildman–Crippen LogP) is 3.67. The molecule has 1 aromatic heterocycles. The zero-order valence-corrected chi connectivity index (χ0v) is 26.3. The van der Waals surface area contributed by atoms with E-state index in [-0.39, 0.29) is 68.8 Å². The molecule has 43 heavy (non-hydrogen) atoms. The molecule has 1 heterocycles. The Bertz CT molecular complexity index is 1520.